The Morgan fingerprint density at radius 1 is 1.25 bits per heavy atom. The fourth-order valence-electron chi connectivity index (χ4n) is 2.13. The van der Waals surface area contributed by atoms with Crippen molar-refractivity contribution in [3.8, 4) is 0 Å². The summed E-state index contributed by atoms with van der Waals surface area (Å²) < 4.78 is 14.5. The summed E-state index contributed by atoms with van der Waals surface area (Å²) in [7, 11) is 0. The largest absolute Gasteiger partial charge is 0.354 e. The minimum absolute atomic E-state index is 0.189. The second-order valence-electron chi connectivity index (χ2n) is 6.06. The molecule has 0 saturated carbocycles. The molecule has 0 saturated heterocycles. The minimum Gasteiger partial charge on any atom is -0.354 e. The number of hydrogen-bond acceptors (Lipinski definition) is 3. The van der Waals surface area contributed by atoms with Gasteiger partial charge < -0.3 is 10.2 Å². The highest BCUT2D eigenvalue weighted by molar-refractivity contribution is 5.43. The number of halogens is 1. The molecule has 0 aliphatic carbocycles. The molecule has 0 radical (unpaired) electrons. The highest BCUT2D eigenvalue weighted by Gasteiger charge is 2.15. The van der Waals surface area contributed by atoms with E-state index in [4.69, 9.17) is 0 Å². The number of anilines is 1. The zero-order chi connectivity index (χ0) is 15.1. The molecule has 0 aliphatic rings. The molecule has 4 heteroatoms. The highest BCUT2D eigenvalue weighted by Crippen LogP contribution is 2.20. The molecule has 0 atom stereocenters. The first-order valence-corrected chi connectivity index (χ1v) is 7.54. The summed E-state index contributed by atoms with van der Waals surface area (Å²) in [6.45, 7) is 13.6. The quantitative estimate of drug-likeness (QED) is 0.791. The van der Waals surface area contributed by atoms with Gasteiger partial charge in [-0.2, -0.15) is 0 Å². The molecule has 0 fully saturated rings. The number of nitrogens with zero attached hydrogens (tertiary/aromatic N) is 2. The van der Waals surface area contributed by atoms with Gasteiger partial charge in [0.25, 0.3) is 0 Å². The van der Waals surface area contributed by atoms with E-state index in [-0.39, 0.29) is 5.82 Å². The molecule has 0 aromatic carbocycles. The van der Waals surface area contributed by atoms with E-state index in [1.54, 1.807) is 12.3 Å². The number of aromatic nitrogens is 1. The van der Waals surface area contributed by atoms with Crippen LogP contribution in [-0.4, -0.2) is 24.6 Å². The van der Waals surface area contributed by atoms with Gasteiger partial charge in [0.2, 0.25) is 0 Å². The standard InChI is InChI=1S/C16H28FN3/c1-6-20(11-13(4)5)16-15(17)14(7-8-19-16)10-18-9-12(2)3/h7-8,12-13,18H,6,9-11H2,1-5H3. The van der Waals surface area contributed by atoms with Crippen LogP contribution < -0.4 is 10.2 Å². The molecule has 1 heterocycles. The topological polar surface area (TPSA) is 28.2 Å². The first-order valence-electron chi connectivity index (χ1n) is 7.54. The molecule has 1 aromatic heterocycles. The van der Waals surface area contributed by atoms with Gasteiger partial charge in [0.15, 0.2) is 11.6 Å². The molecule has 20 heavy (non-hydrogen) atoms. The van der Waals surface area contributed by atoms with E-state index >= 15 is 0 Å². The fraction of sp³-hybridized carbons (Fsp3) is 0.688. The van der Waals surface area contributed by atoms with Crippen LogP contribution in [0.5, 0.6) is 0 Å². The van der Waals surface area contributed by atoms with Crippen molar-refractivity contribution in [2.24, 2.45) is 11.8 Å². The van der Waals surface area contributed by atoms with Gasteiger partial charge in [0.05, 0.1) is 0 Å². The van der Waals surface area contributed by atoms with Gasteiger partial charge in [-0.05, 0) is 31.4 Å². The van der Waals surface area contributed by atoms with Crippen molar-refractivity contribution in [2.75, 3.05) is 24.5 Å². The lowest BCUT2D eigenvalue weighted by atomic mass is 10.1. The predicted molar refractivity (Wildman–Crippen MR) is 83.5 cm³/mol. The third kappa shape index (κ3) is 5.08. The highest BCUT2D eigenvalue weighted by atomic mass is 19.1. The lowest BCUT2D eigenvalue weighted by Crippen LogP contribution is -2.29. The molecule has 0 unspecified atom stereocenters. The van der Waals surface area contributed by atoms with Crippen molar-refractivity contribution in [3.63, 3.8) is 0 Å². The van der Waals surface area contributed by atoms with Crippen molar-refractivity contribution in [3.05, 3.63) is 23.6 Å². The molecular formula is C16H28FN3. The number of rotatable bonds is 8. The maximum Gasteiger partial charge on any atom is 0.170 e. The molecule has 3 nitrogen and oxygen atoms in total. The Hall–Kier alpha value is -1.16. The van der Waals surface area contributed by atoms with Crippen molar-refractivity contribution in [1.29, 1.82) is 0 Å². The normalized spacial score (nSPS) is 11.4. The Labute approximate surface area is 122 Å². The first-order chi connectivity index (χ1) is 9.45. The molecule has 0 aliphatic heterocycles. The number of hydrogen-bond donors (Lipinski definition) is 1. The van der Waals surface area contributed by atoms with Crippen LogP contribution in [0.3, 0.4) is 0 Å². The van der Waals surface area contributed by atoms with Crippen LogP contribution in [0.25, 0.3) is 0 Å². The molecule has 0 amide bonds. The average Bonchev–Trinajstić information content (AvgIpc) is 2.37. The molecule has 0 spiro atoms. The van der Waals surface area contributed by atoms with E-state index in [1.807, 2.05) is 11.8 Å². The summed E-state index contributed by atoms with van der Waals surface area (Å²) in [4.78, 5) is 6.24. The summed E-state index contributed by atoms with van der Waals surface area (Å²) in [5, 5.41) is 3.28. The summed E-state index contributed by atoms with van der Waals surface area (Å²) in [6.07, 6.45) is 1.70. The monoisotopic (exact) mass is 281 g/mol. The lowest BCUT2D eigenvalue weighted by Gasteiger charge is -2.25. The van der Waals surface area contributed by atoms with Crippen molar-refractivity contribution in [2.45, 2.75) is 41.2 Å². The van der Waals surface area contributed by atoms with E-state index < -0.39 is 0 Å². The fourth-order valence-corrected chi connectivity index (χ4v) is 2.13. The summed E-state index contributed by atoms with van der Waals surface area (Å²) >= 11 is 0. The molecule has 1 rings (SSSR count). The van der Waals surface area contributed by atoms with Gasteiger partial charge in [-0.15, -0.1) is 0 Å². The Balaban J connectivity index is 2.82. The van der Waals surface area contributed by atoms with Crippen LogP contribution in [0.2, 0.25) is 0 Å². The minimum atomic E-state index is -0.189. The lowest BCUT2D eigenvalue weighted by molar-refractivity contribution is 0.528. The second kappa shape index (κ2) is 8.20. The molecule has 0 bridgehead atoms. The maximum absolute atomic E-state index is 14.5. The van der Waals surface area contributed by atoms with Crippen molar-refractivity contribution < 1.29 is 4.39 Å². The van der Waals surface area contributed by atoms with Crippen LogP contribution >= 0.6 is 0 Å². The van der Waals surface area contributed by atoms with Crippen LogP contribution in [0.15, 0.2) is 12.3 Å². The summed E-state index contributed by atoms with van der Waals surface area (Å²) in [5.74, 6) is 1.34. The Bertz CT molecular complexity index is 405. The van der Waals surface area contributed by atoms with E-state index in [1.165, 1.54) is 0 Å². The predicted octanol–water partition coefficient (Wildman–Crippen LogP) is 3.45. The van der Waals surface area contributed by atoms with Crippen molar-refractivity contribution in [1.82, 2.24) is 10.3 Å². The van der Waals surface area contributed by atoms with Gasteiger partial charge in [-0.1, -0.05) is 27.7 Å². The second-order valence-corrected chi connectivity index (χ2v) is 6.06. The van der Waals surface area contributed by atoms with Crippen LogP contribution in [0.1, 0.15) is 40.2 Å². The van der Waals surface area contributed by atoms with Gasteiger partial charge in [0, 0.05) is 31.4 Å². The van der Waals surface area contributed by atoms with Crippen LogP contribution in [-0.2, 0) is 6.54 Å². The SMILES string of the molecule is CCN(CC(C)C)c1nccc(CNCC(C)C)c1F. The van der Waals surface area contributed by atoms with E-state index in [0.717, 1.165) is 19.6 Å². The Kier molecular flexibility index (Phi) is 6.93. The van der Waals surface area contributed by atoms with Crippen molar-refractivity contribution >= 4 is 5.82 Å². The van der Waals surface area contributed by atoms with E-state index in [0.29, 0.717) is 29.8 Å². The molecular weight excluding hydrogens is 253 g/mol. The smallest absolute Gasteiger partial charge is 0.170 e. The maximum atomic E-state index is 14.5. The Morgan fingerprint density at radius 3 is 2.50 bits per heavy atom. The number of pyridine rings is 1. The Morgan fingerprint density at radius 2 is 1.95 bits per heavy atom. The zero-order valence-corrected chi connectivity index (χ0v) is 13.4. The molecule has 1 aromatic rings. The third-order valence-corrected chi connectivity index (χ3v) is 3.09. The van der Waals surface area contributed by atoms with Gasteiger partial charge in [0.1, 0.15) is 0 Å². The molecule has 114 valence electrons. The zero-order valence-electron chi connectivity index (χ0n) is 13.4. The van der Waals surface area contributed by atoms with Crippen LogP contribution in [0, 0.1) is 17.7 Å². The average molecular weight is 281 g/mol. The van der Waals surface area contributed by atoms with Gasteiger partial charge in [-0.3, -0.25) is 0 Å². The molecule has 1 N–H and O–H groups in total. The van der Waals surface area contributed by atoms with Gasteiger partial charge >= 0.3 is 0 Å². The van der Waals surface area contributed by atoms with E-state index in [9.17, 15) is 4.39 Å². The van der Waals surface area contributed by atoms with Gasteiger partial charge in [-0.25, -0.2) is 9.37 Å². The first kappa shape index (κ1) is 16.9. The third-order valence-electron chi connectivity index (χ3n) is 3.09. The summed E-state index contributed by atoms with van der Waals surface area (Å²) in [5.41, 5.74) is 0.692. The van der Waals surface area contributed by atoms with Crippen LogP contribution in [0.4, 0.5) is 10.2 Å². The summed E-state index contributed by atoms with van der Waals surface area (Å²) in [6, 6.07) is 1.76. The number of nitrogens with one attached hydrogen (secondary N) is 1. The van der Waals surface area contributed by atoms with E-state index in [2.05, 4.69) is 38.0 Å².